The van der Waals surface area contributed by atoms with Crippen LogP contribution in [0.4, 0.5) is 4.39 Å². The third-order valence-electron chi connectivity index (χ3n) is 4.79. The minimum atomic E-state index is -0.221. The zero-order chi connectivity index (χ0) is 19.1. The molecule has 1 atom stereocenters. The third-order valence-corrected chi connectivity index (χ3v) is 4.79. The number of guanidine groups is 1. The van der Waals surface area contributed by atoms with Crippen LogP contribution in [0.15, 0.2) is 41.5 Å². The number of morpholine rings is 1. The van der Waals surface area contributed by atoms with Crippen LogP contribution < -0.4 is 10.6 Å². The predicted molar refractivity (Wildman–Crippen MR) is 118 cm³/mol. The monoisotopic (exact) mass is 502 g/mol. The smallest absolute Gasteiger partial charge is 0.191 e. The fraction of sp³-hybridized carbons (Fsp3) is 0.474. The Bertz CT molecular complexity index is 745. The molecule has 9 heteroatoms. The maximum Gasteiger partial charge on any atom is 0.191 e. The second-order valence-corrected chi connectivity index (χ2v) is 6.47. The van der Waals surface area contributed by atoms with Crippen molar-refractivity contribution in [3.63, 3.8) is 0 Å². The Balaban J connectivity index is 0.00000280. The predicted octanol–water partition coefficient (Wildman–Crippen LogP) is 1.92. The first-order valence-corrected chi connectivity index (χ1v) is 9.16. The summed E-state index contributed by atoms with van der Waals surface area (Å²) in [6.07, 6.45) is 1.77. The average molecular weight is 502 g/mol. The van der Waals surface area contributed by atoms with Crippen LogP contribution in [0.5, 0.6) is 0 Å². The Morgan fingerprint density at radius 3 is 2.54 bits per heavy atom. The second kappa shape index (κ2) is 11.3. The van der Waals surface area contributed by atoms with E-state index in [9.17, 15) is 4.39 Å². The first kappa shape index (κ1) is 22.6. The Hall–Kier alpha value is -1.72. The molecule has 3 rings (SSSR count). The molecule has 0 spiro atoms. The van der Waals surface area contributed by atoms with E-state index in [0.29, 0.717) is 26.3 Å². The third kappa shape index (κ3) is 6.14. The summed E-state index contributed by atoms with van der Waals surface area (Å²) >= 11 is 0. The number of hydrogen-bond donors (Lipinski definition) is 2. The molecular formula is C19H28FIN6O. The number of hydrogen-bond acceptors (Lipinski definition) is 4. The van der Waals surface area contributed by atoms with Crippen molar-refractivity contribution in [3.05, 3.63) is 53.6 Å². The maximum atomic E-state index is 13.3. The van der Waals surface area contributed by atoms with Gasteiger partial charge in [-0.2, -0.15) is 5.10 Å². The lowest BCUT2D eigenvalue weighted by Gasteiger charge is -2.35. The largest absolute Gasteiger partial charge is 0.379 e. The highest BCUT2D eigenvalue weighted by atomic mass is 127. The number of aromatic nitrogens is 2. The fourth-order valence-electron chi connectivity index (χ4n) is 3.19. The van der Waals surface area contributed by atoms with E-state index < -0.39 is 0 Å². The van der Waals surface area contributed by atoms with Crippen molar-refractivity contribution in [2.75, 3.05) is 39.9 Å². The maximum absolute atomic E-state index is 13.3. The molecule has 0 saturated carbocycles. The molecule has 0 radical (unpaired) electrons. The van der Waals surface area contributed by atoms with E-state index >= 15 is 0 Å². The van der Waals surface area contributed by atoms with E-state index in [0.717, 1.165) is 30.3 Å². The number of ether oxygens (including phenoxy) is 1. The van der Waals surface area contributed by atoms with Crippen molar-refractivity contribution in [1.82, 2.24) is 25.3 Å². The fourth-order valence-corrected chi connectivity index (χ4v) is 3.19. The lowest BCUT2D eigenvalue weighted by atomic mass is 10.0. The van der Waals surface area contributed by atoms with Crippen LogP contribution >= 0.6 is 24.0 Å². The first-order valence-electron chi connectivity index (χ1n) is 9.16. The van der Waals surface area contributed by atoms with Gasteiger partial charge in [0.1, 0.15) is 5.82 Å². The van der Waals surface area contributed by atoms with Gasteiger partial charge in [0.05, 0.1) is 31.5 Å². The van der Waals surface area contributed by atoms with Crippen molar-refractivity contribution < 1.29 is 9.13 Å². The number of nitrogens with zero attached hydrogens (tertiary/aromatic N) is 4. The van der Waals surface area contributed by atoms with Gasteiger partial charge in [0.25, 0.3) is 0 Å². The van der Waals surface area contributed by atoms with E-state index in [4.69, 9.17) is 4.74 Å². The van der Waals surface area contributed by atoms with Gasteiger partial charge in [-0.15, -0.1) is 24.0 Å². The molecule has 2 heterocycles. The minimum absolute atomic E-state index is 0. The van der Waals surface area contributed by atoms with Gasteiger partial charge >= 0.3 is 0 Å². The lowest BCUT2D eigenvalue weighted by Crippen LogP contribution is -2.46. The van der Waals surface area contributed by atoms with Crippen LogP contribution in [0.1, 0.15) is 17.3 Å². The van der Waals surface area contributed by atoms with Crippen molar-refractivity contribution in [2.45, 2.75) is 12.6 Å². The molecule has 28 heavy (non-hydrogen) atoms. The molecule has 7 nitrogen and oxygen atoms in total. The topological polar surface area (TPSA) is 66.7 Å². The summed E-state index contributed by atoms with van der Waals surface area (Å²) in [6, 6.07) is 8.81. The normalized spacial score (nSPS) is 16.3. The Morgan fingerprint density at radius 1 is 1.21 bits per heavy atom. The molecule has 154 valence electrons. The molecule has 2 aromatic rings. The summed E-state index contributed by atoms with van der Waals surface area (Å²) in [6.45, 7) is 4.43. The van der Waals surface area contributed by atoms with Crippen LogP contribution in [-0.4, -0.2) is 60.5 Å². The molecular weight excluding hydrogens is 474 g/mol. The summed E-state index contributed by atoms with van der Waals surface area (Å²) < 4.78 is 20.6. The van der Waals surface area contributed by atoms with Gasteiger partial charge in [0.2, 0.25) is 0 Å². The van der Waals surface area contributed by atoms with Crippen LogP contribution in [0.2, 0.25) is 0 Å². The summed E-state index contributed by atoms with van der Waals surface area (Å²) in [4.78, 5) is 6.66. The van der Waals surface area contributed by atoms with Crippen LogP contribution in [0, 0.1) is 5.82 Å². The quantitative estimate of drug-likeness (QED) is 0.359. The van der Waals surface area contributed by atoms with Crippen LogP contribution in [-0.2, 0) is 18.3 Å². The SMILES string of the molecule is CN=C(NCc1ccnn1C)NCC(c1ccc(F)cc1)N1CCOCC1.I. The highest BCUT2D eigenvalue weighted by Gasteiger charge is 2.23. The molecule has 0 bridgehead atoms. The molecule has 1 aromatic carbocycles. The van der Waals surface area contributed by atoms with Crippen LogP contribution in [0.25, 0.3) is 0 Å². The Labute approximate surface area is 182 Å². The van der Waals surface area contributed by atoms with Gasteiger partial charge in [0, 0.05) is 39.9 Å². The second-order valence-electron chi connectivity index (χ2n) is 6.47. The lowest BCUT2D eigenvalue weighted by molar-refractivity contribution is 0.0170. The summed E-state index contributed by atoms with van der Waals surface area (Å²) in [5.41, 5.74) is 2.15. The molecule has 1 aliphatic rings. The molecule has 0 amide bonds. The van der Waals surface area contributed by atoms with Crippen LogP contribution in [0.3, 0.4) is 0 Å². The molecule has 0 aliphatic carbocycles. The van der Waals surface area contributed by atoms with Gasteiger partial charge in [-0.25, -0.2) is 4.39 Å². The average Bonchev–Trinajstić information content (AvgIpc) is 3.11. The number of halogens is 2. The van der Waals surface area contributed by atoms with Gasteiger partial charge in [-0.3, -0.25) is 14.6 Å². The zero-order valence-corrected chi connectivity index (χ0v) is 18.6. The van der Waals surface area contributed by atoms with E-state index in [1.807, 2.05) is 29.9 Å². The summed E-state index contributed by atoms with van der Waals surface area (Å²) in [7, 11) is 3.66. The number of benzene rings is 1. The molecule has 1 aromatic heterocycles. The number of rotatable bonds is 6. The highest BCUT2D eigenvalue weighted by Crippen LogP contribution is 2.21. The molecule has 2 N–H and O–H groups in total. The number of nitrogens with one attached hydrogen (secondary N) is 2. The van der Waals surface area contributed by atoms with Crippen molar-refractivity contribution >= 4 is 29.9 Å². The molecule has 1 aliphatic heterocycles. The van der Waals surface area contributed by atoms with Gasteiger partial charge in [-0.1, -0.05) is 12.1 Å². The van der Waals surface area contributed by atoms with Crippen molar-refractivity contribution in [2.24, 2.45) is 12.0 Å². The van der Waals surface area contributed by atoms with E-state index in [1.54, 1.807) is 13.2 Å². The van der Waals surface area contributed by atoms with Crippen molar-refractivity contribution in [3.8, 4) is 0 Å². The zero-order valence-electron chi connectivity index (χ0n) is 16.3. The summed E-state index contributed by atoms with van der Waals surface area (Å²) in [5, 5.41) is 10.9. The molecule has 1 fully saturated rings. The van der Waals surface area contributed by atoms with Gasteiger partial charge in [-0.05, 0) is 23.8 Å². The number of aliphatic imine (C=N–C) groups is 1. The highest BCUT2D eigenvalue weighted by molar-refractivity contribution is 14.0. The van der Waals surface area contributed by atoms with E-state index in [-0.39, 0.29) is 35.8 Å². The first-order chi connectivity index (χ1) is 13.2. The minimum Gasteiger partial charge on any atom is -0.379 e. The molecule has 1 unspecified atom stereocenters. The Morgan fingerprint density at radius 2 is 1.93 bits per heavy atom. The van der Waals surface area contributed by atoms with E-state index in [1.165, 1.54) is 12.1 Å². The Kier molecular flexibility index (Phi) is 9.13. The van der Waals surface area contributed by atoms with E-state index in [2.05, 4.69) is 25.6 Å². The summed E-state index contributed by atoms with van der Waals surface area (Å²) in [5.74, 6) is 0.498. The van der Waals surface area contributed by atoms with Gasteiger partial charge in [0.15, 0.2) is 5.96 Å². The van der Waals surface area contributed by atoms with Gasteiger partial charge < -0.3 is 15.4 Å². The number of aryl methyl sites for hydroxylation is 1. The molecule has 1 saturated heterocycles. The van der Waals surface area contributed by atoms with Crippen molar-refractivity contribution in [1.29, 1.82) is 0 Å². The standard InChI is InChI=1S/C19H27FN6O.HI/c1-21-19(22-13-17-7-8-24-25(17)2)23-14-18(26-9-11-27-12-10-26)15-3-5-16(20)6-4-15;/h3-8,18H,9-14H2,1-2H3,(H2,21,22,23);1H.